The first-order valence-corrected chi connectivity index (χ1v) is 10.6. The van der Waals surface area contributed by atoms with Crippen molar-refractivity contribution < 1.29 is 32.7 Å². The van der Waals surface area contributed by atoms with Gasteiger partial charge in [0.1, 0.15) is 11.8 Å². The molecule has 166 valence electrons. The SMILES string of the molecule is COc1ccc(S(=O)(=O)N2CCCC2C(=O)Nc2ccc([N+](=O)[O-])cc2O)cc1OC. The summed E-state index contributed by atoms with van der Waals surface area (Å²) >= 11 is 0. The highest BCUT2D eigenvalue weighted by Crippen LogP contribution is 2.34. The van der Waals surface area contributed by atoms with Crippen molar-refractivity contribution in [3.63, 3.8) is 0 Å². The van der Waals surface area contributed by atoms with Gasteiger partial charge < -0.3 is 19.9 Å². The first-order chi connectivity index (χ1) is 14.7. The third-order valence-corrected chi connectivity index (χ3v) is 6.82. The summed E-state index contributed by atoms with van der Waals surface area (Å²) in [5.74, 6) is -0.536. The number of phenols is 1. The quantitative estimate of drug-likeness (QED) is 0.369. The summed E-state index contributed by atoms with van der Waals surface area (Å²) in [6.07, 6.45) is 0.753. The molecule has 1 amide bonds. The zero-order valence-corrected chi connectivity index (χ0v) is 17.6. The second-order valence-electron chi connectivity index (χ2n) is 6.74. The highest BCUT2D eigenvalue weighted by molar-refractivity contribution is 7.89. The summed E-state index contributed by atoms with van der Waals surface area (Å²) in [6.45, 7) is 0.140. The van der Waals surface area contributed by atoms with E-state index >= 15 is 0 Å². The molecular weight excluding hydrogens is 430 g/mol. The standard InChI is InChI=1S/C19H21N3O8S/c1-29-17-8-6-13(11-18(17)30-2)31(27,28)21-9-3-4-15(21)19(24)20-14-7-5-12(22(25)26)10-16(14)23/h5-8,10-11,15,23H,3-4,9H2,1-2H3,(H,20,24). The van der Waals surface area contributed by atoms with Crippen LogP contribution >= 0.6 is 0 Å². The minimum atomic E-state index is -4.03. The number of sulfonamides is 1. The Morgan fingerprint density at radius 2 is 1.90 bits per heavy atom. The van der Waals surface area contributed by atoms with E-state index in [0.29, 0.717) is 12.2 Å². The summed E-state index contributed by atoms with van der Waals surface area (Å²) in [4.78, 5) is 22.8. The number of nitrogens with one attached hydrogen (secondary N) is 1. The molecule has 1 saturated heterocycles. The number of nitrogens with zero attached hydrogens (tertiary/aromatic N) is 2. The maximum absolute atomic E-state index is 13.2. The van der Waals surface area contributed by atoms with Gasteiger partial charge in [0.2, 0.25) is 15.9 Å². The first-order valence-electron chi connectivity index (χ1n) is 9.21. The molecule has 0 aliphatic carbocycles. The van der Waals surface area contributed by atoms with Gasteiger partial charge in [-0.1, -0.05) is 0 Å². The van der Waals surface area contributed by atoms with Crippen molar-refractivity contribution in [1.82, 2.24) is 4.31 Å². The van der Waals surface area contributed by atoms with Crippen LogP contribution in [0.25, 0.3) is 0 Å². The maximum Gasteiger partial charge on any atom is 0.273 e. The molecule has 0 radical (unpaired) electrons. The fourth-order valence-corrected chi connectivity index (χ4v) is 5.03. The number of carbonyl (C=O) groups excluding carboxylic acids is 1. The Labute approximate surface area is 178 Å². The fraction of sp³-hybridized carbons (Fsp3) is 0.316. The number of nitro benzene ring substituents is 1. The van der Waals surface area contributed by atoms with E-state index in [-0.39, 0.29) is 35.0 Å². The van der Waals surface area contributed by atoms with Crippen molar-refractivity contribution in [3.8, 4) is 17.2 Å². The van der Waals surface area contributed by atoms with Crippen molar-refractivity contribution in [2.24, 2.45) is 0 Å². The van der Waals surface area contributed by atoms with Crippen LogP contribution in [0.4, 0.5) is 11.4 Å². The highest BCUT2D eigenvalue weighted by atomic mass is 32.2. The Kier molecular flexibility index (Phi) is 6.32. The van der Waals surface area contributed by atoms with E-state index in [1.54, 1.807) is 0 Å². The van der Waals surface area contributed by atoms with Gasteiger partial charge in [0.15, 0.2) is 11.5 Å². The zero-order chi connectivity index (χ0) is 22.8. The minimum Gasteiger partial charge on any atom is -0.506 e. The van der Waals surface area contributed by atoms with E-state index in [2.05, 4.69) is 5.32 Å². The fourth-order valence-electron chi connectivity index (χ4n) is 3.36. The number of hydrogen-bond acceptors (Lipinski definition) is 8. The van der Waals surface area contributed by atoms with Crippen LogP contribution in [0, 0.1) is 10.1 Å². The largest absolute Gasteiger partial charge is 0.506 e. The normalized spacial score (nSPS) is 16.6. The Hall–Kier alpha value is -3.38. The van der Waals surface area contributed by atoms with Crippen LogP contribution < -0.4 is 14.8 Å². The van der Waals surface area contributed by atoms with E-state index in [1.165, 1.54) is 38.5 Å². The van der Waals surface area contributed by atoms with E-state index in [4.69, 9.17) is 9.47 Å². The molecule has 1 fully saturated rings. The van der Waals surface area contributed by atoms with Crippen molar-refractivity contribution in [2.75, 3.05) is 26.1 Å². The third-order valence-electron chi connectivity index (χ3n) is 4.92. The molecule has 2 N–H and O–H groups in total. The number of carbonyl (C=O) groups is 1. The van der Waals surface area contributed by atoms with Gasteiger partial charge in [-0.05, 0) is 31.0 Å². The van der Waals surface area contributed by atoms with Gasteiger partial charge in [0.05, 0.1) is 35.8 Å². The molecule has 3 rings (SSSR count). The van der Waals surface area contributed by atoms with Gasteiger partial charge in [-0.15, -0.1) is 0 Å². The molecule has 0 bridgehead atoms. The number of nitro groups is 1. The van der Waals surface area contributed by atoms with Crippen LogP contribution in [0.5, 0.6) is 17.2 Å². The molecule has 0 saturated carbocycles. The van der Waals surface area contributed by atoms with Crippen LogP contribution in [0.15, 0.2) is 41.3 Å². The molecule has 11 nitrogen and oxygen atoms in total. The Morgan fingerprint density at radius 1 is 1.19 bits per heavy atom. The lowest BCUT2D eigenvalue weighted by molar-refractivity contribution is -0.384. The molecule has 2 aromatic rings. The van der Waals surface area contributed by atoms with E-state index in [1.807, 2.05) is 0 Å². The molecule has 1 aliphatic heterocycles. The molecule has 2 aromatic carbocycles. The lowest BCUT2D eigenvalue weighted by Gasteiger charge is -2.24. The predicted octanol–water partition coefficient (Wildman–Crippen LogP) is 2.11. The number of non-ortho nitro benzene ring substituents is 1. The summed E-state index contributed by atoms with van der Waals surface area (Å²) in [5.41, 5.74) is -0.389. The van der Waals surface area contributed by atoms with Crippen LogP contribution in [0.3, 0.4) is 0 Å². The van der Waals surface area contributed by atoms with Crippen molar-refractivity contribution in [3.05, 3.63) is 46.5 Å². The second kappa shape index (κ2) is 8.78. The molecule has 0 aromatic heterocycles. The van der Waals surface area contributed by atoms with Gasteiger partial charge in [-0.3, -0.25) is 14.9 Å². The summed E-state index contributed by atoms with van der Waals surface area (Å²) in [7, 11) is -1.21. The maximum atomic E-state index is 13.2. The summed E-state index contributed by atoms with van der Waals surface area (Å²) in [5, 5.41) is 23.2. The first kappa shape index (κ1) is 22.3. The van der Waals surface area contributed by atoms with Gasteiger partial charge in [-0.25, -0.2) is 8.42 Å². The molecule has 1 heterocycles. The molecule has 0 spiro atoms. The average molecular weight is 451 g/mol. The van der Waals surface area contributed by atoms with Crippen molar-refractivity contribution in [2.45, 2.75) is 23.8 Å². The molecule has 1 atom stereocenters. The van der Waals surface area contributed by atoms with Gasteiger partial charge >= 0.3 is 0 Å². The lowest BCUT2D eigenvalue weighted by atomic mass is 10.2. The predicted molar refractivity (Wildman–Crippen MR) is 110 cm³/mol. The zero-order valence-electron chi connectivity index (χ0n) is 16.8. The van der Waals surface area contributed by atoms with E-state index in [0.717, 1.165) is 16.4 Å². The number of amides is 1. The molecule has 12 heteroatoms. The van der Waals surface area contributed by atoms with Crippen LogP contribution in [-0.4, -0.2) is 55.5 Å². The molecule has 31 heavy (non-hydrogen) atoms. The third kappa shape index (κ3) is 4.39. The average Bonchev–Trinajstić information content (AvgIpc) is 3.25. The number of aromatic hydroxyl groups is 1. The Balaban J connectivity index is 1.85. The van der Waals surface area contributed by atoms with Gasteiger partial charge in [-0.2, -0.15) is 4.31 Å². The number of anilines is 1. The Bertz CT molecular complexity index is 1120. The lowest BCUT2D eigenvalue weighted by Crippen LogP contribution is -2.43. The van der Waals surface area contributed by atoms with Gasteiger partial charge in [0, 0.05) is 18.7 Å². The smallest absolute Gasteiger partial charge is 0.273 e. The second-order valence-corrected chi connectivity index (χ2v) is 8.63. The van der Waals surface area contributed by atoms with Crippen LogP contribution in [0.1, 0.15) is 12.8 Å². The molecular formula is C19H21N3O8S. The van der Waals surface area contributed by atoms with E-state index < -0.39 is 32.6 Å². The molecule has 1 aliphatic rings. The number of benzene rings is 2. The van der Waals surface area contributed by atoms with Crippen LogP contribution in [0.2, 0.25) is 0 Å². The van der Waals surface area contributed by atoms with E-state index in [9.17, 15) is 28.4 Å². The van der Waals surface area contributed by atoms with Crippen molar-refractivity contribution >= 4 is 27.3 Å². The number of methoxy groups -OCH3 is 2. The number of ether oxygens (including phenoxy) is 2. The minimum absolute atomic E-state index is 0.0500. The monoisotopic (exact) mass is 451 g/mol. The number of hydrogen-bond donors (Lipinski definition) is 2. The number of phenolic OH excluding ortho intramolecular Hbond substituents is 1. The topological polar surface area (TPSA) is 148 Å². The van der Waals surface area contributed by atoms with Crippen LogP contribution in [-0.2, 0) is 14.8 Å². The number of rotatable bonds is 7. The Morgan fingerprint density at radius 3 is 2.52 bits per heavy atom. The van der Waals surface area contributed by atoms with Gasteiger partial charge in [0.25, 0.3) is 5.69 Å². The summed E-state index contributed by atoms with van der Waals surface area (Å²) in [6, 6.07) is 6.37. The van der Waals surface area contributed by atoms with Crippen molar-refractivity contribution in [1.29, 1.82) is 0 Å². The highest BCUT2D eigenvalue weighted by Gasteiger charge is 2.40. The summed E-state index contributed by atoms with van der Waals surface area (Å²) < 4.78 is 37.7. The molecule has 1 unspecified atom stereocenters.